The highest BCUT2D eigenvalue weighted by Gasteiger charge is 2.32. The first kappa shape index (κ1) is 18.8. The molecule has 0 aliphatic carbocycles. The van der Waals surface area contributed by atoms with Crippen molar-refractivity contribution >= 4 is 21.4 Å². The summed E-state index contributed by atoms with van der Waals surface area (Å²) in [6.45, 7) is 4.32. The molecule has 1 radical (unpaired) electrons. The van der Waals surface area contributed by atoms with Crippen LogP contribution in [0.2, 0.25) is 5.02 Å². The fraction of sp³-hybridized carbons (Fsp3) is 0.286. The second-order valence-corrected chi connectivity index (χ2v) is 9.70. The zero-order valence-electron chi connectivity index (χ0n) is 15.6. The number of hydrogen-bond donors (Lipinski definition) is 0. The van der Waals surface area contributed by atoms with Crippen molar-refractivity contribution in [1.82, 2.24) is 14.7 Å². The molecule has 0 saturated carbocycles. The minimum Gasteiger partial charge on any atom is -0.379 e. The number of morpholine rings is 1. The van der Waals surface area contributed by atoms with E-state index < -0.39 is 9.84 Å². The Kier molecular flexibility index (Phi) is 4.70. The van der Waals surface area contributed by atoms with Gasteiger partial charge in [0.25, 0.3) is 0 Å². The first-order valence-electron chi connectivity index (χ1n) is 9.43. The highest BCUT2D eigenvalue weighted by molar-refractivity contribution is 7.90. The van der Waals surface area contributed by atoms with E-state index >= 15 is 0 Å². The molecule has 29 heavy (non-hydrogen) atoms. The van der Waals surface area contributed by atoms with Gasteiger partial charge in [0.15, 0.2) is 9.84 Å². The number of benzene rings is 2. The van der Waals surface area contributed by atoms with Crippen molar-refractivity contribution in [2.24, 2.45) is 0 Å². The first-order valence-corrected chi connectivity index (χ1v) is 11.5. The van der Waals surface area contributed by atoms with Crippen LogP contribution in [0, 0.1) is 6.20 Å². The van der Waals surface area contributed by atoms with Crippen LogP contribution in [0.1, 0.15) is 11.1 Å². The van der Waals surface area contributed by atoms with E-state index in [1.807, 2.05) is 12.1 Å². The van der Waals surface area contributed by atoms with E-state index in [1.54, 1.807) is 16.8 Å². The van der Waals surface area contributed by atoms with Crippen molar-refractivity contribution in [1.29, 1.82) is 0 Å². The standard InChI is InChI=1S/C21H19ClN3O3S/c22-17-3-6-19-20(11-17)29(26,27)14-16-12-23-25(21(16)19)18-4-1-15(2-5-18)13-24-7-9-28-10-8-24/h1-6,11H,7-10,13-14H2. The molecule has 149 valence electrons. The minimum atomic E-state index is -3.45. The largest absolute Gasteiger partial charge is 0.379 e. The van der Waals surface area contributed by atoms with Gasteiger partial charge in [-0.3, -0.25) is 4.90 Å². The lowest BCUT2D eigenvalue weighted by Gasteiger charge is -2.26. The number of hydrogen-bond acceptors (Lipinski definition) is 5. The molecule has 2 aromatic carbocycles. The molecular formula is C21H19ClN3O3S. The lowest BCUT2D eigenvalue weighted by Crippen LogP contribution is -2.35. The number of fused-ring (bicyclic) bond motifs is 3. The Balaban J connectivity index is 1.50. The van der Waals surface area contributed by atoms with Gasteiger partial charge in [-0.25, -0.2) is 13.1 Å². The third-order valence-corrected chi connectivity index (χ3v) is 7.25. The summed E-state index contributed by atoms with van der Waals surface area (Å²) in [5, 5.41) is 4.77. The lowest BCUT2D eigenvalue weighted by atomic mass is 10.1. The van der Waals surface area contributed by atoms with Crippen LogP contribution >= 0.6 is 11.6 Å². The second kappa shape index (κ2) is 7.25. The monoisotopic (exact) mass is 428 g/mol. The van der Waals surface area contributed by atoms with E-state index in [4.69, 9.17) is 16.3 Å². The number of sulfone groups is 1. The summed E-state index contributed by atoms with van der Waals surface area (Å²) in [5.41, 5.74) is 4.04. The van der Waals surface area contributed by atoms with Crippen LogP contribution in [-0.2, 0) is 26.9 Å². The Morgan fingerprint density at radius 2 is 1.86 bits per heavy atom. The summed E-state index contributed by atoms with van der Waals surface area (Å²) in [7, 11) is -3.45. The van der Waals surface area contributed by atoms with Crippen molar-refractivity contribution in [3.63, 3.8) is 0 Å². The fourth-order valence-electron chi connectivity index (χ4n) is 3.88. The van der Waals surface area contributed by atoms with Crippen molar-refractivity contribution in [2.75, 3.05) is 26.3 Å². The van der Waals surface area contributed by atoms with Crippen LogP contribution < -0.4 is 0 Å². The van der Waals surface area contributed by atoms with Crippen LogP contribution in [0.15, 0.2) is 47.4 Å². The molecule has 0 amide bonds. The fourth-order valence-corrected chi connectivity index (χ4v) is 5.66. The molecule has 1 aromatic heterocycles. The summed E-state index contributed by atoms with van der Waals surface area (Å²) in [6.07, 6.45) is 2.89. The molecule has 3 aromatic rings. The Morgan fingerprint density at radius 1 is 1.10 bits per heavy atom. The molecule has 8 heteroatoms. The zero-order chi connectivity index (χ0) is 20.0. The van der Waals surface area contributed by atoms with Gasteiger partial charge >= 0.3 is 0 Å². The van der Waals surface area contributed by atoms with E-state index in [2.05, 4.69) is 28.3 Å². The summed E-state index contributed by atoms with van der Waals surface area (Å²) in [6, 6.07) is 13.1. The van der Waals surface area contributed by atoms with Crippen LogP contribution in [0.3, 0.4) is 0 Å². The van der Waals surface area contributed by atoms with Crippen molar-refractivity contribution in [3.8, 4) is 16.9 Å². The Bertz CT molecular complexity index is 1170. The van der Waals surface area contributed by atoms with Crippen LogP contribution in [0.4, 0.5) is 0 Å². The molecule has 0 bridgehead atoms. The Morgan fingerprint density at radius 3 is 2.62 bits per heavy atom. The molecule has 1 saturated heterocycles. The Hall–Kier alpha value is -2.19. The van der Waals surface area contributed by atoms with Crippen LogP contribution in [0.25, 0.3) is 16.9 Å². The molecule has 0 spiro atoms. The van der Waals surface area contributed by atoms with E-state index in [1.165, 1.54) is 11.6 Å². The third kappa shape index (κ3) is 3.48. The predicted octanol–water partition coefficient (Wildman–Crippen LogP) is 3.11. The smallest absolute Gasteiger partial charge is 0.183 e. The summed E-state index contributed by atoms with van der Waals surface area (Å²) < 4.78 is 32.4. The van der Waals surface area contributed by atoms with Gasteiger partial charge in [-0.2, -0.15) is 5.10 Å². The summed E-state index contributed by atoms with van der Waals surface area (Å²) in [4.78, 5) is 2.61. The van der Waals surface area contributed by atoms with Gasteiger partial charge in [-0.1, -0.05) is 29.8 Å². The lowest BCUT2D eigenvalue weighted by molar-refractivity contribution is 0.0342. The quantitative estimate of drug-likeness (QED) is 0.641. The highest BCUT2D eigenvalue weighted by atomic mass is 35.5. The van der Waals surface area contributed by atoms with Crippen molar-refractivity contribution < 1.29 is 13.2 Å². The third-order valence-electron chi connectivity index (χ3n) is 5.34. The van der Waals surface area contributed by atoms with E-state index in [9.17, 15) is 8.42 Å². The maximum absolute atomic E-state index is 12.6. The normalized spacial score (nSPS) is 18.2. The van der Waals surface area contributed by atoms with Gasteiger partial charge < -0.3 is 4.74 Å². The predicted molar refractivity (Wildman–Crippen MR) is 110 cm³/mol. The SMILES string of the molecule is O=S1(=O)Cc2[c]nn(-c3ccc(CN4CCOCC4)cc3)c2-c2ccc(Cl)cc21. The number of ether oxygens (including phenoxy) is 1. The number of nitrogens with zero attached hydrogens (tertiary/aromatic N) is 3. The molecule has 0 atom stereocenters. The minimum absolute atomic E-state index is 0.120. The molecule has 5 rings (SSSR count). The Labute approximate surface area is 174 Å². The molecule has 0 N–H and O–H groups in total. The van der Waals surface area contributed by atoms with E-state index in [0.717, 1.165) is 44.2 Å². The van der Waals surface area contributed by atoms with Crippen LogP contribution in [0.5, 0.6) is 0 Å². The van der Waals surface area contributed by atoms with Gasteiger partial charge in [0.2, 0.25) is 0 Å². The molecular weight excluding hydrogens is 410 g/mol. The topological polar surface area (TPSA) is 64.4 Å². The molecule has 2 aliphatic heterocycles. The van der Waals surface area contributed by atoms with Crippen LogP contribution in [-0.4, -0.2) is 49.4 Å². The average Bonchev–Trinajstić information content (AvgIpc) is 3.12. The molecule has 2 aliphatic rings. The van der Waals surface area contributed by atoms with Gasteiger partial charge in [0.1, 0.15) is 6.20 Å². The molecule has 0 unspecified atom stereocenters. The number of aromatic nitrogens is 2. The maximum Gasteiger partial charge on any atom is 0.183 e. The van der Waals surface area contributed by atoms with Gasteiger partial charge in [0.05, 0.1) is 35.2 Å². The zero-order valence-corrected chi connectivity index (χ0v) is 17.2. The first-order chi connectivity index (χ1) is 14.0. The van der Waals surface area contributed by atoms with Gasteiger partial charge in [0, 0.05) is 35.8 Å². The highest BCUT2D eigenvalue weighted by Crippen LogP contribution is 2.39. The van der Waals surface area contributed by atoms with Crippen molar-refractivity contribution in [2.45, 2.75) is 17.2 Å². The van der Waals surface area contributed by atoms with Gasteiger partial charge in [-0.15, -0.1) is 0 Å². The molecule has 1 fully saturated rings. The van der Waals surface area contributed by atoms with Crippen molar-refractivity contribution in [3.05, 3.63) is 64.8 Å². The molecule has 6 nitrogen and oxygen atoms in total. The number of rotatable bonds is 3. The molecule has 3 heterocycles. The summed E-state index contributed by atoms with van der Waals surface area (Å²) >= 11 is 6.05. The maximum atomic E-state index is 12.6. The van der Waals surface area contributed by atoms with E-state index in [-0.39, 0.29) is 10.6 Å². The van der Waals surface area contributed by atoms with Gasteiger partial charge in [-0.05, 0) is 29.8 Å². The average molecular weight is 429 g/mol. The van der Waals surface area contributed by atoms with E-state index in [0.29, 0.717) is 16.1 Å². The second-order valence-electron chi connectivity index (χ2n) is 7.31. The number of halogens is 1. The summed E-state index contributed by atoms with van der Waals surface area (Å²) in [5.74, 6) is -0.120.